The highest BCUT2D eigenvalue weighted by Gasteiger charge is 2.24. The second kappa shape index (κ2) is 33.4. The lowest BCUT2D eigenvalue weighted by Crippen LogP contribution is -2.26. The van der Waals surface area contributed by atoms with Crippen LogP contribution in [0.25, 0.3) is 99.9 Å². The van der Waals surface area contributed by atoms with Gasteiger partial charge in [0.1, 0.15) is 66.1 Å². The van der Waals surface area contributed by atoms with Crippen molar-refractivity contribution in [2.75, 3.05) is 80.0 Å². The summed E-state index contributed by atoms with van der Waals surface area (Å²) in [5, 5.41) is 43.0. The molecule has 16 nitrogen and oxygen atoms in total. The Labute approximate surface area is 620 Å². The first-order valence-electron chi connectivity index (χ1n) is 37.0. The molecule has 4 fully saturated rings. The van der Waals surface area contributed by atoms with E-state index in [1.807, 2.05) is 103 Å². The molecule has 0 atom stereocenters. The van der Waals surface area contributed by atoms with Gasteiger partial charge in [-0.25, -0.2) is 0 Å². The molecule has 4 aliphatic rings. The van der Waals surface area contributed by atoms with Gasteiger partial charge in [-0.05, 0) is 212 Å². The largest absolute Gasteiger partial charge is 0.492 e. The van der Waals surface area contributed by atoms with Crippen LogP contribution in [0.3, 0.4) is 0 Å². The summed E-state index contributed by atoms with van der Waals surface area (Å²) in [6, 6.07) is 74.7. The van der Waals surface area contributed by atoms with Crippen molar-refractivity contribution < 1.29 is 38.3 Å². The van der Waals surface area contributed by atoms with Crippen LogP contribution in [0.4, 0.5) is 0 Å². The molecule has 16 heteroatoms. The van der Waals surface area contributed by atoms with Crippen molar-refractivity contribution >= 4 is 32.7 Å². The molecule has 106 heavy (non-hydrogen) atoms. The van der Waals surface area contributed by atoms with E-state index in [0.717, 1.165) is 169 Å². The van der Waals surface area contributed by atoms with Gasteiger partial charge in [0.15, 0.2) is 0 Å². The first kappa shape index (κ1) is 72.0. The Morgan fingerprint density at radius 3 is 1.15 bits per heavy atom. The molecule has 0 aliphatic carbocycles. The van der Waals surface area contributed by atoms with Gasteiger partial charge in [-0.3, -0.25) is 4.90 Å². The van der Waals surface area contributed by atoms with Crippen molar-refractivity contribution in [1.82, 2.24) is 24.8 Å². The van der Waals surface area contributed by atoms with Crippen molar-refractivity contribution in [3.63, 3.8) is 0 Å². The normalized spacial score (nSPS) is 15.3. The number of ether oxygens (including phenoxy) is 7. The van der Waals surface area contributed by atoms with Crippen LogP contribution in [-0.2, 0) is 26.4 Å². The van der Waals surface area contributed by atoms with Gasteiger partial charge in [0.2, 0.25) is 0 Å². The molecule has 16 rings (SSSR count). The van der Waals surface area contributed by atoms with Gasteiger partial charge < -0.3 is 58.1 Å². The number of nitrogens with one attached hydrogen (secondary N) is 3. The van der Waals surface area contributed by atoms with Gasteiger partial charge >= 0.3 is 0 Å². The highest BCUT2D eigenvalue weighted by Crippen LogP contribution is 2.40. The van der Waals surface area contributed by atoms with Crippen molar-refractivity contribution in [2.24, 2.45) is 0 Å². The summed E-state index contributed by atoms with van der Waals surface area (Å²) >= 11 is 0. The fourth-order valence-electron chi connectivity index (χ4n) is 14.5. The number of likely N-dealkylation sites (tertiary alicyclic amines) is 1. The number of aliphatic hydroxyl groups is 1. The Hall–Kier alpha value is -11.0. The van der Waals surface area contributed by atoms with E-state index in [1.54, 1.807) is 13.8 Å². The standard InChI is InChI=1S/C32H33N3O3.C29H29N3O2.C29H28N2O3/c33-22-25-20-24(8-11-32(25)38-27-12-17-36-18-13-27)28-4-3-5-30-29(28)21-31(34-30)23-6-9-26(10-7-23)37-19-16-35-14-1-2-15-35;1-32(2)19-20-6-8-21(9-7-20)28-17-26-25(4-3-5-27(26)31-28)22-10-11-29(23(16-22)18-30)34-24-12-14-33-15-13-24;1-29(2,32)22-9-6-19(7-10-22)27-17-25-24(4-3-5-26(25)31-27)20-8-11-28(21(16-20)18-30)34-23-12-14-33-15-13-23/h3-11,20-21,27,34H,1-2,12-19H2;3-11,16-17,24,31H,12-15,19H2,1-2H3;3-11,16-17,23,31-32H,12-15H2,1-2H3. The first-order valence-corrected chi connectivity index (χ1v) is 37.0. The number of rotatable bonds is 19. The molecule has 4 N–H and O–H groups in total. The van der Waals surface area contributed by atoms with Crippen LogP contribution in [0.1, 0.15) is 93.0 Å². The minimum atomic E-state index is -0.870. The average molecular weight is 1410 g/mol. The zero-order chi connectivity index (χ0) is 72.9. The second-order valence-electron chi connectivity index (χ2n) is 28.6. The number of benzene rings is 9. The molecule has 0 radical (unpaired) electrons. The summed E-state index contributed by atoms with van der Waals surface area (Å²) in [5.74, 6) is 2.83. The van der Waals surface area contributed by atoms with Crippen molar-refractivity contribution in [3.8, 4) is 108 Å². The maximum atomic E-state index is 10.2. The van der Waals surface area contributed by atoms with E-state index >= 15 is 0 Å². The maximum Gasteiger partial charge on any atom is 0.137 e. The third-order valence-corrected chi connectivity index (χ3v) is 20.3. The van der Waals surface area contributed by atoms with Crippen molar-refractivity contribution in [1.29, 1.82) is 15.8 Å². The van der Waals surface area contributed by atoms with Gasteiger partial charge in [-0.15, -0.1) is 0 Å². The van der Waals surface area contributed by atoms with Crippen LogP contribution in [0.15, 0.2) is 200 Å². The molecule has 0 unspecified atom stereocenters. The Bertz CT molecular complexity index is 5120. The average Bonchev–Trinajstić information content (AvgIpc) is 1.59. The highest BCUT2D eigenvalue weighted by atomic mass is 16.5. The predicted molar refractivity (Wildman–Crippen MR) is 419 cm³/mol. The molecule has 12 aromatic rings. The number of aromatic amines is 3. The first-order chi connectivity index (χ1) is 51.8. The smallest absolute Gasteiger partial charge is 0.137 e. The molecular weight excluding hydrogens is 1320 g/mol. The molecule has 0 amide bonds. The molecule has 0 bridgehead atoms. The lowest BCUT2D eigenvalue weighted by atomic mass is 9.96. The van der Waals surface area contributed by atoms with Gasteiger partial charge in [-0.2, -0.15) is 15.8 Å². The molecule has 4 aliphatic heterocycles. The Morgan fingerprint density at radius 1 is 0.453 bits per heavy atom. The molecule has 4 saturated heterocycles. The van der Waals surface area contributed by atoms with Gasteiger partial charge in [0.25, 0.3) is 0 Å². The third-order valence-electron chi connectivity index (χ3n) is 20.3. The summed E-state index contributed by atoms with van der Waals surface area (Å²) in [6.07, 6.45) is 7.99. The fraction of sp³-hybridized carbons (Fsp3) is 0.300. The summed E-state index contributed by atoms with van der Waals surface area (Å²) < 4.78 is 40.7. The summed E-state index contributed by atoms with van der Waals surface area (Å²) in [4.78, 5) is 15.3. The summed E-state index contributed by atoms with van der Waals surface area (Å²) in [6.45, 7) is 12.8. The van der Waals surface area contributed by atoms with E-state index < -0.39 is 5.60 Å². The number of aromatic nitrogens is 3. The van der Waals surface area contributed by atoms with Crippen LogP contribution in [0, 0.1) is 34.0 Å². The van der Waals surface area contributed by atoms with Crippen LogP contribution < -0.4 is 18.9 Å². The topological polar surface area (TPSA) is 210 Å². The van der Waals surface area contributed by atoms with E-state index in [0.29, 0.717) is 73.6 Å². The van der Waals surface area contributed by atoms with Gasteiger partial charge in [0, 0.05) is 101 Å². The number of H-pyrrole nitrogens is 3. The molecular formula is C90H90N8O8. The molecule has 0 saturated carbocycles. The van der Waals surface area contributed by atoms with E-state index in [1.165, 1.54) is 31.5 Å². The van der Waals surface area contributed by atoms with Crippen LogP contribution in [0.5, 0.6) is 23.0 Å². The summed E-state index contributed by atoms with van der Waals surface area (Å²) in [7, 11) is 4.16. The minimum Gasteiger partial charge on any atom is -0.492 e. The third kappa shape index (κ3) is 17.4. The zero-order valence-corrected chi connectivity index (χ0v) is 60.8. The van der Waals surface area contributed by atoms with Crippen LogP contribution in [-0.4, -0.2) is 128 Å². The van der Waals surface area contributed by atoms with Gasteiger partial charge in [-0.1, -0.05) is 103 Å². The quantitative estimate of drug-likeness (QED) is 0.0594. The summed E-state index contributed by atoms with van der Waals surface area (Å²) in [5.41, 5.74) is 18.8. The van der Waals surface area contributed by atoms with E-state index in [2.05, 4.69) is 154 Å². The Morgan fingerprint density at radius 2 is 0.802 bits per heavy atom. The number of nitrogens with zero attached hydrogens (tertiary/aromatic N) is 5. The SMILES string of the molecule is CC(C)(O)c1ccc(-c2cc3c(-c4ccc(OC5CCOCC5)c(C#N)c4)cccc3[nH]2)cc1.CN(C)Cc1ccc(-c2cc3c(-c4ccc(OC5CCOCC5)c(C#N)c4)cccc3[nH]2)cc1.N#Cc1cc(-c2cccc3[nH]c(-c4ccc(OCCN5CCCC5)cc4)cc23)ccc1OC1CCOCC1. The number of hydrogen-bond acceptors (Lipinski definition) is 13. The second-order valence-corrected chi connectivity index (χ2v) is 28.6. The van der Waals surface area contributed by atoms with Crippen molar-refractivity contribution in [2.45, 2.75) is 95.7 Å². The molecule has 0 spiro atoms. The highest BCUT2D eigenvalue weighted by molar-refractivity contribution is 6.01. The maximum absolute atomic E-state index is 10.2. The number of nitriles is 3. The van der Waals surface area contributed by atoms with E-state index in [4.69, 9.17) is 33.2 Å². The predicted octanol–water partition coefficient (Wildman–Crippen LogP) is 18.6. The molecule has 538 valence electrons. The van der Waals surface area contributed by atoms with Crippen LogP contribution in [0.2, 0.25) is 0 Å². The van der Waals surface area contributed by atoms with E-state index in [-0.39, 0.29) is 18.3 Å². The fourth-order valence-corrected chi connectivity index (χ4v) is 14.5. The lowest BCUT2D eigenvalue weighted by molar-refractivity contribution is 0.0252. The van der Waals surface area contributed by atoms with Crippen molar-refractivity contribution in [3.05, 3.63) is 228 Å². The van der Waals surface area contributed by atoms with Gasteiger partial charge in [0.05, 0.1) is 61.9 Å². The Kier molecular flexibility index (Phi) is 22.7. The number of fused-ring (bicyclic) bond motifs is 3. The molecule has 7 heterocycles. The van der Waals surface area contributed by atoms with E-state index in [9.17, 15) is 20.9 Å². The lowest BCUT2D eigenvalue weighted by Gasteiger charge is -2.24. The number of hydrogen-bond donors (Lipinski definition) is 4. The monoisotopic (exact) mass is 1410 g/mol. The van der Waals surface area contributed by atoms with Crippen LogP contribution >= 0.6 is 0 Å². The molecule has 9 aromatic carbocycles. The molecule has 3 aromatic heterocycles. The zero-order valence-electron chi connectivity index (χ0n) is 60.8. The minimum absolute atomic E-state index is 0.0881. The Balaban J connectivity index is 0.000000134.